The maximum Gasteiger partial charge on any atom is 0.288 e. The Labute approximate surface area is 221 Å². The van der Waals surface area contributed by atoms with Crippen LogP contribution >= 0.6 is 27.5 Å². The number of benzene rings is 4. The number of carbonyl (C=O) groups is 1. The van der Waals surface area contributed by atoms with E-state index in [4.69, 9.17) is 16.6 Å². The summed E-state index contributed by atoms with van der Waals surface area (Å²) in [6.45, 7) is 0. The third kappa shape index (κ3) is 4.67. The molecule has 0 radical (unpaired) electrons. The van der Waals surface area contributed by atoms with E-state index in [1.807, 2.05) is 78.9 Å². The Bertz CT molecular complexity index is 1490. The molecule has 0 N–H and O–H groups in total. The second-order valence-electron chi connectivity index (χ2n) is 8.28. The number of anilines is 1. The summed E-state index contributed by atoms with van der Waals surface area (Å²) in [5.41, 5.74) is 3.84. The first-order chi connectivity index (χ1) is 17.4. The van der Waals surface area contributed by atoms with Crippen LogP contribution in [0.15, 0.2) is 107 Å². The molecule has 0 aliphatic carbocycles. The van der Waals surface area contributed by atoms with Crippen LogP contribution in [0, 0.1) is 10.1 Å². The molecule has 1 aliphatic rings. The molecular formula is C28H19BrClN3O3. The predicted molar refractivity (Wildman–Crippen MR) is 145 cm³/mol. The Morgan fingerprint density at radius 1 is 0.972 bits per heavy atom. The first kappa shape index (κ1) is 23.9. The maximum absolute atomic E-state index is 14.1. The smallest absolute Gasteiger partial charge is 0.288 e. The molecular weight excluding hydrogens is 542 g/mol. The van der Waals surface area contributed by atoms with Gasteiger partial charge in [-0.1, -0.05) is 82.1 Å². The van der Waals surface area contributed by atoms with E-state index in [1.54, 1.807) is 4.90 Å². The van der Waals surface area contributed by atoms with Crippen LogP contribution in [0.5, 0.6) is 0 Å². The summed E-state index contributed by atoms with van der Waals surface area (Å²) >= 11 is 9.51. The molecule has 1 atom stereocenters. The standard InChI is InChI=1S/C28H19BrClN3O3/c29-21-13-10-18(11-14-21)24-17-26(19-6-2-1-3-7-19)32(25-9-5-4-8-23(25)31-24)28(34)20-12-15-22(30)27(16-20)33(35)36/h1-16,26H,17H2/t26-/m1/s1. The number of para-hydroxylation sites is 2. The predicted octanol–water partition coefficient (Wildman–Crippen LogP) is 7.92. The number of hydrogen-bond acceptors (Lipinski definition) is 4. The largest absolute Gasteiger partial charge is 0.298 e. The Balaban J connectivity index is 1.69. The molecule has 0 saturated carbocycles. The lowest BCUT2D eigenvalue weighted by Gasteiger charge is -2.32. The summed E-state index contributed by atoms with van der Waals surface area (Å²) in [6.07, 6.45) is 0.446. The molecule has 178 valence electrons. The first-order valence-electron chi connectivity index (χ1n) is 11.2. The van der Waals surface area contributed by atoms with E-state index in [9.17, 15) is 14.9 Å². The maximum atomic E-state index is 14.1. The first-order valence-corrected chi connectivity index (χ1v) is 12.3. The van der Waals surface area contributed by atoms with Crippen molar-refractivity contribution in [2.24, 2.45) is 4.99 Å². The lowest BCUT2D eigenvalue weighted by Crippen LogP contribution is -2.35. The summed E-state index contributed by atoms with van der Waals surface area (Å²) in [5, 5.41) is 11.5. The van der Waals surface area contributed by atoms with E-state index in [-0.39, 0.29) is 22.2 Å². The van der Waals surface area contributed by atoms with E-state index in [1.165, 1.54) is 18.2 Å². The van der Waals surface area contributed by atoms with Crippen molar-refractivity contribution < 1.29 is 9.72 Å². The Morgan fingerprint density at radius 2 is 1.67 bits per heavy atom. The molecule has 4 aromatic carbocycles. The molecule has 0 saturated heterocycles. The van der Waals surface area contributed by atoms with Gasteiger partial charge in [0.15, 0.2) is 0 Å². The average Bonchev–Trinajstić information content (AvgIpc) is 3.06. The van der Waals surface area contributed by atoms with E-state index in [0.29, 0.717) is 17.8 Å². The van der Waals surface area contributed by atoms with Gasteiger partial charge in [0, 0.05) is 22.5 Å². The molecule has 1 heterocycles. The molecule has 8 heteroatoms. The SMILES string of the molecule is O=C(c1ccc(Cl)c([N+](=O)[O-])c1)N1c2ccccc2N=C(c2ccc(Br)cc2)C[C@@H]1c1ccccc1. The highest BCUT2D eigenvalue weighted by molar-refractivity contribution is 9.10. The Hall–Kier alpha value is -3.81. The second kappa shape index (κ2) is 10.0. The highest BCUT2D eigenvalue weighted by Crippen LogP contribution is 2.42. The van der Waals surface area contributed by atoms with Gasteiger partial charge >= 0.3 is 0 Å². The van der Waals surface area contributed by atoms with E-state index in [0.717, 1.165) is 21.3 Å². The van der Waals surface area contributed by atoms with Gasteiger partial charge in [-0.05, 0) is 47.5 Å². The van der Waals surface area contributed by atoms with Gasteiger partial charge in [-0.2, -0.15) is 0 Å². The van der Waals surface area contributed by atoms with E-state index < -0.39 is 11.0 Å². The molecule has 0 spiro atoms. The zero-order chi connectivity index (χ0) is 25.2. The third-order valence-electron chi connectivity index (χ3n) is 6.07. The lowest BCUT2D eigenvalue weighted by atomic mass is 9.95. The summed E-state index contributed by atoms with van der Waals surface area (Å²) in [5.74, 6) is -0.372. The van der Waals surface area contributed by atoms with Gasteiger partial charge in [0.1, 0.15) is 5.02 Å². The second-order valence-corrected chi connectivity index (χ2v) is 9.61. The van der Waals surface area contributed by atoms with Crippen molar-refractivity contribution in [3.05, 3.63) is 133 Å². The highest BCUT2D eigenvalue weighted by Gasteiger charge is 2.33. The number of nitrogens with zero attached hydrogens (tertiary/aromatic N) is 3. The van der Waals surface area contributed by atoms with Crippen molar-refractivity contribution in [2.75, 3.05) is 4.90 Å². The Morgan fingerprint density at radius 3 is 2.39 bits per heavy atom. The van der Waals surface area contributed by atoms with Crippen molar-refractivity contribution in [2.45, 2.75) is 12.5 Å². The number of nitro groups is 1. The molecule has 1 amide bonds. The monoisotopic (exact) mass is 559 g/mol. The van der Waals surface area contributed by atoms with Crippen molar-refractivity contribution in [1.29, 1.82) is 0 Å². The zero-order valence-electron chi connectivity index (χ0n) is 18.8. The van der Waals surface area contributed by atoms with E-state index >= 15 is 0 Å². The van der Waals surface area contributed by atoms with Crippen LogP contribution in [0.25, 0.3) is 0 Å². The number of carbonyl (C=O) groups excluding carboxylic acids is 1. The molecule has 0 aromatic heterocycles. The molecule has 4 aromatic rings. The molecule has 36 heavy (non-hydrogen) atoms. The number of aliphatic imine (C=N–C) groups is 1. The summed E-state index contributed by atoms with van der Waals surface area (Å²) in [4.78, 5) is 31.7. The van der Waals surface area contributed by atoms with E-state index in [2.05, 4.69) is 15.9 Å². The topological polar surface area (TPSA) is 75.8 Å². The van der Waals surface area contributed by atoms with Gasteiger partial charge < -0.3 is 0 Å². The highest BCUT2D eigenvalue weighted by atomic mass is 79.9. The van der Waals surface area contributed by atoms with Crippen LogP contribution in [0.1, 0.15) is 33.9 Å². The molecule has 6 nitrogen and oxygen atoms in total. The van der Waals surface area contributed by atoms with Crippen LogP contribution in [0.2, 0.25) is 5.02 Å². The molecule has 5 rings (SSSR count). The van der Waals surface area contributed by atoms with Crippen molar-refractivity contribution in [3.8, 4) is 0 Å². The average molecular weight is 561 g/mol. The van der Waals surface area contributed by atoms with Gasteiger partial charge in [-0.3, -0.25) is 24.8 Å². The number of halogens is 2. The van der Waals surface area contributed by atoms with Crippen LogP contribution in [0.4, 0.5) is 17.1 Å². The van der Waals surface area contributed by atoms with Gasteiger partial charge in [0.2, 0.25) is 0 Å². The van der Waals surface area contributed by atoms with Gasteiger partial charge in [-0.25, -0.2) is 0 Å². The summed E-state index contributed by atoms with van der Waals surface area (Å²) in [7, 11) is 0. The molecule has 1 aliphatic heterocycles. The fraction of sp³-hybridized carbons (Fsp3) is 0.0714. The summed E-state index contributed by atoms with van der Waals surface area (Å²) in [6, 6.07) is 28.8. The van der Waals surface area contributed by atoms with Crippen molar-refractivity contribution in [3.63, 3.8) is 0 Å². The molecule has 0 unspecified atom stereocenters. The minimum atomic E-state index is -0.584. The zero-order valence-corrected chi connectivity index (χ0v) is 21.2. The van der Waals surface area contributed by atoms with Crippen LogP contribution in [-0.2, 0) is 0 Å². The van der Waals surface area contributed by atoms with Crippen LogP contribution < -0.4 is 4.90 Å². The number of hydrogen-bond donors (Lipinski definition) is 0. The number of nitro benzene ring substituents is 1. The quantitative estimate of drug-likeness (QED) is 0.188. The van der Waals surface area contributed by atoms with Gasteiger partial charge in [0.25, 0.3) is 11.6 Å². The lowest BCUT2D eigenvalue weighted by molar-refractivity contribution is -0.384. The van der Waals surface area contributed by atoms with Gasteiger partial charge in [-0.15, -0.1) is 0 Å². The molecule has 0 fully saturated rings. The summed E-state index contributed by atoms with van der Waals surface area (Å²) < 4.78 is 0.960. The Kier molecular flexibility index (Phi) is 6.67. The van der Waals surface area contributed by atoms with Crippen molar-refractivity contribution in [1.82, 2.24) is 0 Å². The van der Waals surface area contributed by atoms with Crippen LogP contribution in [-0.4, -0.2) is 16.5 Å². The van der Waals surface area contributed by atoms with Crippen LogP contribution in [0.3, 0.4) is 0 Å². The normalized spacial score (nSPS) is 15.0. The van der Waals surface area contributed by atoms with Crippen molar-refractivity contribution >= 4 is 56.2 Å². The number of fused-ring (bicyclic) bond motifs is 1. The third-order valence-corrected chi connectivity index (χ3v) is 6.91. The number of amides is 1. The fourth-order valence-corrected chi connectivity index (χ4v) is 4.79. The minimum absolute atomic E-state index is 0.0201. The fourth-order valence-electron chi connectivity index (χ4n) is 4.34. The van der Waals surface area contributed by atoms with Gasteiger partial charge in [0.05, 0.1) is 28.1 Å². The number of rotatable bonds is 4. The molecule has 0 bridgehead atoms. The minimum Gasteiger partial charge on any atom is -0.298 e.